The summed E-state index contributed by atoms with van der Waals surface area (Å²) in [6.07, 6.45) is 1.28. The van der Waals surface area contributed by atoms with E-state index in [1.807, 2.05) is 7.05 Å². The highest BCUT2D eigenvalue weighted by molar-refractivity contribution is 5.85. The molecule has 0 spiro atoms. The van der Waals surface area contributed by atoms with Crippen molar-refractivity contribution in [2.24, 2.45) is 0 Å². The topological polar surface area (TPSA) is 32.7 Å². The number of halogens is 1. The van der Waals surface area contributed by atoms with Gasteiger partial charge in [-0.25, -0.2) is 0 Å². The van der Waals surface area contributed by atoms with Crippen LogP contribution >= 0.6 is 12.4 Å². The number of likely N-dealkylation sites (tertiary alicyclic amines) is 1. The molecule has 0 amide bonds. The Morgan fingerprint density at radius 1 is 1.64 bits per heavy atom. The van der Waals surface area contributed by atoms with Gasteiger partial charge in [-0.3, -0.25) is 4.90 Å². The van der Waals surface area contributed by atoms with Gasteiger partial charge in [0.15, 0.2) is 0 Å². The van der Waals surface area contributed by atoms with Crippen LogP contribution in [0.15, 0.2) is 0 Å². The Kier molecular flexibility index (Phi) is 5.01. The smallest absolute Gasteiger partial charge is 0.0714 e. The van der Waals surface area contributed by atoms with Crippen molar-refractivity contribution in [3.63, 3.8) is 0 Å². The standard InChI is InChI=1S/C7H15NO2.ClH/c1-8-4-7(10-2)3-6(8)5-9;/h6-7,9H,3-5H2,1-2H3;1H/t6-,7+;/m0./s1. The van der Waals surface area contributed by atoms with Gasteiger partial charge in [0, 0.05) is 19.7 Å². The summed E-state index contributed by atoms with van der Waals surface area (Å²) in [4.78, 5) is 2.13. The van der Waals surface area contributed by atoms with Crippen molar-refractivity contribution in [3.05, 3.63) is 0 Å². The number of ether oxygens (including phenoxy) is 1. The van der Waals surface area contributed by atoms with Crippen molar-refractivity contribution < 1.29 is 9.84 Å². The first-order chi connectivity index (χ1) is 4.77. The van der Waals surface area contributed by atoms with E-state index in [0.717, 1.165) is 13.0 Å². The average molecular weight is 182 g/mol. The van der Waals surface area contributed by atoms with E-state index in [2.05, 4.69) is 4.90 Å². The Hall–Kier alpha value is 0.170. The zero-order valence-electron chi connectivity index (χ0n) is 6.99. The summed E-state index contributed by atoms with van der Waals surface area (Å²) >= 11 is 0. The van der Waals surface area contributed by atoms with Gasteiger partial charge in [-0.05, 0) is 13.5 Å². The molecule has 1 rings (SSSR count). The number of likely N-dealkylation sites (N-methyl/N-ethyl adjacent to an activating group) is 1. The zero-order chi connectivity index (χ0) is 7.56. The lowest BCUT2D eigenvalue weighted by atomic mass is 10.2. The van der Waals surface area contributed by atoms with Crippen molar-refractivity contribution in [2.45, 2.75) is 18.6 Å². The molecule has 1 N–H and O–H groups in total. The zero-order valence-corrected chi connectivity index (χ0v) is 7.80. The maximum atomic E-state index is 8.85. The highest BCUT2D eigenvalue weighted by Crippen LogP contribution is 2.16. The molecule has 1 aliphatic rings. The Morgan fingerprint density at radius 3 is 2.55 bits per heavy atom. The molecule has 0 aromatic carbocycles. The summed E-state index contributed by atoms with van der Waals surface area (Å²) in [5.74, 6) is 0. The molecular formula is C7H16ClNO2. The predicted molar refractivity (Wildman–Crippen MR) is 46.2 cm³/mol. The first kappa shape index (κ1) is 11.2. The molecule has 1 heterocycles. The molecule has 0 bridgehead atoms. The summed E-state index contributed by atoms with van der Waals surface area (Å²) in [6.45, 7) is 1.19. The van der Waals surface area contributed by atoms with Gasteiger partial charge in [-0.2, -0.15) is 0 Å². The maximum Gasteiger partial charge on any atom is 0.0714 e. The van der Waals surface area contributed by atoms with Crippen LogP contribution in [-0.4, -0.2) is 49.5 Å². The van der Waals surface area contributed by atoms with E-state index in [-0.39, 0.29) is 19.0 Å². The quantitative estimate of drug-likeness (QED) is 0.657. The van der Waals surface area contributed by atoms with Gasteiger partial charge in [0.2, 0.25) is 0 Å². The molecule has 3 nitrogen and oxygen atoms in total. The highest BCUT2D eigenvalue weighted by Gasteiger charge is 2.28. The van der Waals surface area contributed by atoms with Crippen LogP contribution in [0.2, 0.25) is 0 Å². The van der Waals surface area contributed by atoms with E-state index in [9.17, 15) is 0 Å². The molecule has 0 saturated carbocycles. The Labute approximate surface area is 73.7 Å². The average Bonchev–Trinajstić information content (AvgIpc) is 2.30. The van der Waals surface area contributed by atoms with Crippen molar-refractivity contribution in [3.8, 4) is 0 Å². The molecule has 2 atom stereocenters. The lowest BCUT2D eigenvalue weighted by molar-refractivity contribution is 0.111. The van der Waals surface area contributed by atoms with Crippen LogP contribution in [-0.2, 0) is 4.74 Å². The fraction of sp³-hybridized carbons (Fsp3) is 1.00. The molecule has 0 aromatic heterocycles. The van der Waals surface area contributed by atoms with E-state index < -0.39 is 0 Å². The fourth-order valence-electron chi connectivity index (χ4n) is 1.41. The van der Waals surface area contributed by atoms with Crippen molar-refractivity contribution >= 4 is 12.4 Å². The second-order valence-corrected chi connectivity index (χ2v) is 2.87. The number of hydrogen-bond acceptors (Lipinski definition) is 3. The lowest BCUT2D eigenvalue weighted by Gasteiger charge is -2.14. The maximum absolute atomic E-state index is 8.85. The number of nitrogens with zero attached hydrogens (tertiary/aromatic N) is 1. The van der Waals surface area contributed by atoms with E-state index in [1.54, 1.807) is 7.11 Å². The van der Waals surface area contributed by atoms with Gasteiger partial charge < -0.3 is 9.84 Å². The van der Waals surface area contributed by atoms with Crippen molar-refractivity contribution in [1.82, 2.24) is 4.90 Å². The Balaban J connectivity index is 0.000001000. The SMILES string of the molecule is CO[C@@H]1C[C@@H](CO)N(C)C1.Cl. The molecule has 0 aliphatic carbocycles. The first-order valence-corrected chi connectivity index (χ1v) is 3.61. The lowest BCUT2D eigenvalue weighted by Crippen LogP contribution is -2.28. The molecule has 1 fully saturated rings. The number of aliphatic hydroxyl groups excluding tert-OH is 1. The van der Waals surface area contributed by atoms with Gasteiger partial charge in [-0.15, -0.1) is 12.4 Å². The van der Waals surface area contributed by atoms with Crippen LogP contribution in [0.3, 0.4) is 0 Å². The van der Waals surface area contributed by atoms with Gasteiger partial charge >= 0.3 is 0 Å². The van der Waals surface area contributed by atoms with Crippen LogP contribution in [0, 0.1) is 0 Å². The second kappa shape index (κ2) is 4.93. The Bertz CT molecular complexity index is 113. The molecule has 1 aliphatic heterocycles. The number of rotatable bonds is 2. The van der Waals surface area contributed by atoms with Gasteiger partial charge in [0.05, 0.1) is 12.7 Å². The molecule has 11 heavy (non-hydrogen) atoms. The minimum absolute atomic E-state index is 0. The third-order valence-electron chi connectivity index (χ3n) is 2.19. The molecule has 0 radical (unpaired) electrons. The van der Waals surface area contributed by atoms with Crippen LogP contribution in [0.5, 0.6) is 0 Å². The molecular weight excluding hydrogens is 166 g/mol. The second-order valence-electron chi connectivity index (χ2n) is 2.87. The highest BCUT2D eigenvalue weighted by atomic mass is 35.5. The number of hydrogen-bond donors (Lipinski definition) is 1. The summed E-state index contributed by atoms with van der Waals surface area (Å²) in [7, 11) is 3.73. The largest absolute Gasteiger partial charge is 0.395 e. The summed E-state index contributed by atoms with van der Waals surface area (Å²) in [6, 6.07) is 0.310. The third kappa shape index (κ3) is 2.60. The summed E-state index contributed by atoms with van der Waals surface area (Å²) < 4.78 is 5.16. The van der Waals surface area contributed by atoms with E-state index in [0.29, 0.717) is 12.1 Å². The fourth-order valence-corrected chi connectivity index (χ4v) is 1.41. The van der Waals surface area contributed by atoms with Crippen molar-refractivity contribution in [2.75, 3.05) is 27.3 Å². The third-order valence-corrected chi connectivity index (χ3v) is 2.19. The summed E-state index contributed by atoms with van der Waals surface area (Å²) in [5.41, 5.74) is 0. The van der Waals surface area contributed by atoms with Crippen LogP contribution in [0.4, 0.5) is 0 Å². The predicted octanol–water partition coefficient (Wildman–Crippen LogP) is 0.120. The van der Waals surface area contributed by atoms with Gasteiger partial charge in [-0.1, -0.05) is 0 Å². The van der Waals surface area contributed by atoms with Crippen LogP contribution in [0.25, 0.3) is 0 Å². The minimum atomic E-state index is 0. The van der Waals surface area contributed by atoms with Crippen molar-refractivity contribution in [1.29, 1.82) is 0 Å². The van der Waals surface area contributed by atoms with Crippen LogP contribution < -0.4 is 0 Å². The minimum Gasteiger partial charge on any atom is -0.395 e. The Morgan fingerprint density at radius 2 is 2.27 bits per heavy atom. The number of aliphatic hydroxyl groups is 1. The monoisotopic (exact) mass is 181 g/mol. The van der Waals surface area contributed by atoms with Gasteiger partial charge in [0.25, 0.3) is 0 Å². The van der Waals surface area contributed by atoms with E-state index >= 15 is 0 Å². The molecule has 0 unspecified atom stereocenters. The van der Waals surface area contributed by atoms with E-state index in [4.69, 9.17) is 9.84 Å². The number of methoxy groups -OCH3 is 1. The molecule has 4 heteroatoms. The summed E-state index contributed by atoms with van der Waals surface area (Å²) in [5, 5.41) is 8.85. The van der Waals surface area contributed by atoms with Gasteiger partial charge in [0.1, 0.15) is 0 Å². The van der Waals surface area contributed by atoms with Crippen LogP contribution in [0.1, 0.15) is 6.42 Å². The molecule has 68 valence electrons. The molecule has 1 saturated heterocycles. The normalized spacial score (nSPS) is 31.9. The first-order valence-electron chi connectivity index (χ1n) is 3.61. The van der Waals surface area contributed by atoms with E-state index in [1.165, 1.54) is 0 Å². The molecule has 0 aromatic rings.